The smallest absolute Gasteiger partial charge is 0.233 e. The third-order valence-electron chi connectivity index (χ3n) is 3.68. The molecule has 0 aliphatic heterocycles. The molecule has 116 valence electrons. The molecule has 0 aliphatic carbocycles. The molecule has 0 atom stereocenters. The van der Waals surface area contributed by atoms with Crippen LogP contribution in [0.15, 0.2) is 55.0 Å². The van der Waals surface area contributed by atoms with Gasteiger partial charge in [-0.2, -0.15) is 5.10 Å². The van der Waals surface area contributed by atoms with Crippen molar-refractivity contribution in [2.45, 2.75) is 13.0 Å². The molecule has 0 spiro atoms. The summed E-state index contributed by atoms with van der Waals surface area (Å²) in [5, 5.41) is 4.23. The summed E-state index contributed by atoms with van der Waals surface area (Å²) in [4.78, 5) is 13.7. The van der Waals surface area contributed by atoms with Crippen LogP contribution < -0.4 is 0 Å². The Bertz CT molecular complexity index is 1010. The molecule has 24 heavy (non-hydrogen) atoms. The van der Waals surface area contributed by atoms with E-state index >= 15 is 0 Å². The van der Waals surface area contributed by atoms with Crippen molar-refractivity contribution in [1.29, 1.82) is 0 Å². The topological polar surface area (TPSA) is 61.4 Å². The lowest BCUT2D eigenvalue weighted by molar-refractivity contribution is 0.731. The van der Waals surface area contributed by atoms with Gasteiger partial charge in [-0.3, -0.25) is 4.57 Å². The molecule has 0 radical (unpaired) electrons. The summed E-state index contributed by atoms with van der Waals surface area (Å²) in [5.41, 5.74) is 2.58. The number of hydrogen-bond acceptors (Lipinski definition) is 4. The number of fused-ring (bicyclic) bond motifs is 1. The second kappa shape index (κ2) is 5.97. The Morgan fingerprint density at radius 1 is 1.08 bits per heavy atom. The lowest BCUT2D eigenvalue weighted by Gasteiger charge is -2.05. The molecule has 6 nitrogen and oxygen atoms in total. The summed E-state index contributed by atoms with van der Waals surface area (Å²) in [7, 11) is 0. The molecule has 0 amide bonds. The van der Waals surface area contributed by atoms with Crippen molar-refractivity contribution in [3.63, 3.8) is 0 Å². The Labute approximate surface area is 138 Å². The Hall–Kier alpha value is -3.46. The lowest BCUT2D eigenvalue weighted by atomic mass is 10.1. The first-order valence-corrected chi connectivity index (χ1v) is 7.55. The molecular weight excluding hydrogens is 300 g/mol. The molecule has 6 heteroatoms. The molecule has 3 aromatic heterocycles. The molecule has 0 fully saturated rings. The highest BCUT2D eigenvalue weighted by atomic mass is 15.4. The zero-order valence-electron chi connectivity index (χ0n) is 12.9. The van der Waals surface area contributed by atoms with Crippen LogP contribution in [0.4, 0.5) is 0 Å². The van der Waals surface area contributed by atoms with Gasteiger partial charge >= 0.3 is 0 Å². The maximum absolute atomic E-state index is 5.52. The van der Waals surface area contributed by atoms with E-state index in [0.717, 1.165) is 17.0 Å². The highest BCUT2D eigenvalue weighted by molar-refractivity contribution is 5.72. The summed E-state index contributed by atoms with van der Waals surface area (Å²) in [6, 6.07) is 12.0. The Morgan fingerprint density at radius 3 is 2.71 bits per heavy atom. The molecule has 4 rings (SSSR count). The van der Waals surface area contributed by atoms with Crippen LogP contribution in [0, 0.1) is 12.3 Å². The standard InChI is InChI=1S/C18H14N6/c1-2-10-23-17-15(21-18(23)24-11-6-9-20-24)13-19-16(22-17)12-14-7-4-3-5-8-14/h1,3-9,11,13H,10,12H2. The predicted octanol–water partition coefficient (Wildman–Crippen LogP) is 2.24. The Kier molecular flexibility index (Phi) is 3.52. The number of hydrogen-bond donors (Lipinski definition) is 0. The zero-order chi connectivity index (χ0) is 16.4. The molecule has 0 bridgehead atoms. The molecule has 0 unspecified atom stereocenters. The number of imidazole rings is 1. The van der Waals surface area contributed by atoms with Crippen molar-refractivity contribution < 1.29 is 0 Å². The second-order valence-electron chi connectivity index (χ2n) is 5.31. The van der Waals surface area contributed by atoms with Gasteiger partial charge in [0.05, 0.1) is 12.7 Å². The lowest BCUT2D eigenvalue weighted by Crippen LogP contribution is -2.08. The van der Waals surface area contributed by atoms with E-state index in [2.05, 4.69) is 38.1 Å². The van der Waals surface area contributed by atoms with Crippen LogP contribution in [0.2, 0.25) is 0 Å². The Balaban J connectivity index is 1.81. The minimum absolute atomic E-state index is 0.369. The summed E-state index contributed by atoms with van der Waals surface area (Å²) < 4.78 is 3.55. The average Bonchev–Trinajstić information content (AvgIpc) is 3.24. The van der Waals surface area contributed by atoms with Gasteiger partial charge in [-0.25, -0.2) is 19.6 Å². The van der Waals surface area contributed by atoms with E-state index in [0.29, 0.717) is 24.4 Å². The summed E-state index contributed by atoms with van der Waals surface area (Å²) >= 11 is 0. The Morgan fingerprint density at radius 2 is 1.96 bits per heavy atom. The van der Waals surface area contributed by atoms with Crippen molar-refractivity contribution in [3.8, 4) is 18.3 Å². The average molecular weight is 314 g/mol. The fourth-order valence-electron chi connectivity index (χ4n) is 2.60. The van der Waals surface area contributed by atoms with Crippen molar-refractivity contribution in [3.05, 3.63) is 66.4 Å². The highest BCUT2D eigenvalue weighted by Crippen LogP contribution is 2.17. The fraction of sp³-hybridized carbons (Fsp3) is 0.111. The van der Waals surface area contributed by atoms with Crippen LogP contribution in [0.3, 0.4) is 0 Å². The second-order valence-corrected chi connectivity index (χ2v) is 5.31. The van der Waals surface area contributed by atoms with E-state index in [4.69, 9.17) is 6.42 Å². The van der Waals surface area contributed by atoms with E-state index in [-0.39, 0.29) is 0 Å². The third-order valence-corrected chi connectivity index (χ3v) is 3.68. The van der Waals surface area contributed by atoms with Crippen LogP contribution in [0.5, 0.6) is 0 Å². The van der Waals surface area contributed by atoms with Crippen molar-refractivity contribution in [2.75, 3.05) is 0 Å². The number of benzene rings is 1. The van der Waals surface area contributed by atoms with E-state index in [1.165, 1.54) is 0 Å². The summed E-state index contributed by atoms with van der Waals surface area (Å²) in [6.45, 7) is 0.369. The molecule has 0 saturated heterocycles. The first kappa shape index (κ1) is 14.2. The van der Waals surface area contributed by atoms with Crippen LogP contribution in [0.1, 0.15) is 11.4 Å². The van der Waals surface area contributed by atoms with E-state index < -0.39 is 0 Å². The third kappa shape index (κ3) is 2.52. The zero-order valence-corrected chi connectivity index (χ0v) is 12.9. The predicted molar refractivity (Wildman–Crippen MR) is 90.5 cm³/mol. The molecule has 0 saturated carbocycles. The monoisotopic (exact) mass is 314 g/mol. The molecule has 1 aromatic carbocycles. The number of nitrogens with zero attached hydrogens (tertiary/aromatic N) is 6. The summed E-state index contributed by atoms with van der Waals surface area (Å²) in [5.74, 6) is 4.03. The van der Waals surface area contributed by atoms with Gasteiger partial charge in [-0.15, -0.1) is 6.42 Å². The van der Waals surface area contributed by atoms with E-state index in [1.807, 2.05) is 35.0 Å². The van der Waals surface area contributed by atoms with Crippen LogP contribution in [0.25, 0.3) is 17.1 Å². The number of terminal acetylenes is 1. The van der Waals surface area contributed by atoms with Gasteiger partial charge in [-0.1, -0.05) is 36.3 Å². The first-order chi connectivity index (χ1) is 11.8. The van der Waals surface area contributed by atoms with Crippen molar-refractivity contribution >= 4 is 11.2 Å². The molecule has 0 N–H and O–H groups in total. The van der Waals surface area contributed by atoms with Gasteiger partial charge in [0.15, 0.2) is 5.65 Å². The maximum atomic E-state index is 5.52. The number of rotatable bonds is 4. The minimum Gasteiger partial charge on any atom is -0.281 e. The van der Waals surface area contributed by atoms with E-state index in [1.54, 1.807) is 17.1 Å². The van der Waals surface area contributed by atoms with Crippen LogP contribution in [-0.2, 0) is 13.0 Å². The van der Waals surface area contributed by atoms with Gasteiger partial charge in [0.25, 0.3) is 0 Å². The SMILES string of the molecule is C#CCn1c(-n2cccn2)nc2cnc(Cc3ccccc3)nc21. The fourth-order valence-corrected chi connectivity index (χ4v) is 2.60. The van der Waals surface area contributed by atoms with Crippen LogP contribution >= 0.6 is 0 Å². The van der Waals surface area contributed by atoms with Crippen LogP contribution in [-0.4, -0.2) is 29.3 Å². The molecular formula is C18H14N6. The van der Waals surface area contributed by atoms with Gasteiger partial charge in [-0.05, 0) is 11.6 Å². The molecule has 0 aliphatic rings. The van der Waals surface area contributed by atoms with Crippen molar-refractivity contribution in [2.24, 2.45) is 0 Å². The maximum Gasteiger partial charge on any atom is 0.233 e. The van der Waals surface area contributed by atoms with Gasteiger partial charge in [0, 0.05) is 18.8 Å². The first-order valence-electron chi connectivity index (χ1n) is 7.55. The normalized spacial score (nSPS) is 10.8. The molecule has 3 heterocycles. The van der Waals surface area contributed by atoms with Gasteiger partial charge in [0.1, 0.15) is 11.3 Å². The summed E-state index contributed by atoms with van der Waals surface area (Å²) in [6.07, 6.45) is 11.4. The molecule has 4 aromatic rings. The van der Waals surface area contributed by atoms with Gasteiger partial charge in [0.2, 0.25) is 5.95 Å². The van der Waals surface area contributed by atoms with Gasteiger partial charge < -0.3 is 0 Å². The number of aromatic nitrogens is 6. The van der Waals surface area contributed by atoms with Crippen molar-refractivity contribution in [1.82, 2.24) is 29.3 Å². The largest absolute Gasteiger partial charge is 0.281 e. The highest BCUT2D eigenvalue weighted by Gasteiger charge is 2.14. The quantitative estimate of drug-likeness (QED) is 0.542. The minimum atomic E-state index is 0.369. The van der Waals surface area contributed by atoms with E-state index in [9.17, 15) is 0 Å².